The van der Waals surface area contributed by atoms with Gasteiger partial charge < -0.3 is 10.2 Å². The van der Waals surface area contributed by atoms with Gasteiger partial charge in [-0.15, -0.1) is 17.9 Å². The molecule has 0 aliphatic carbocycles. The monoisotopic (exact) mass is 309 g/mol. The van der Waals surface area contributed by atoms with E-state index in [4.69, 9.17) is 0 Å². The molecule has 21 heavy (non-hydrogen) atoms. The summed E-state index contributed by atoms with van der Waals surface area (Å²) in [5.74, 6) is -0.292. The van der Waals surface area contributed by atoms with Gasteiger partial charge in [-0.2, -0.15) is 0 Å². The molecule has 3 amide bonds. The number of hydrogen-bond donors (Lipinski definition) is 2. The minimum absolute atomic E-state index is 0.229. The van der Waals surface area contributed by atoms with Crippen LogP contribution in [0.25, 0.3) is 0 Å². The Bertz CT molecular complexity index is 483. The van der Waals surface area contributed by atoms with E-state index in [0.717, 1.165) is 31.3 Å². The predicted molar refractivity (Wildman–Crippen MR) is 82.5 cm³/mol. The molecule has 0 atom stereocenters. The summed E-state index contributed by atoms with van der Waals surface area (Å²) >= 11 is 1.62. The van der Waals surface area contributed by atoms with Crippen molar-refractivity contribution < 1.29 is 9.59 Å². The van der Waals surface area contributed by atoms with Crippen LogP contribution in [0, 0.1) is 0 Å². The van der Waals surface area contributed by atoms with Crippen molar-refractivity contribution in [1.29, 1.82) is 0 Å². The molecule has 1 aliphatic heterocycles. The van der Waals surface area contributed by atoms with E-state index in [1.54, 1.807) is 23.6 Å². The predicted octanol–water partition coefficient (Wildman–Crippen LogP) is 0.277. The molecule has 8 heteroatoms. The van der Waals surface area contributed by atoms with Crippen LogP contribution in [0.3, 0.4) is 0 Å². The van der Waals surface area contributed by atoms with Crippen LogP contribution in [0.5, 0.6) is 0 Å². The number of amides is 3. The van der Waals surface area contributed by atoms with Gasteiger partial charge in [0.25, 0.3) is 0 Å². The lowest BCUT2D eigenvalue weighted by molar-refractivity contribution is -0.121. The minimum Gasteiger partial charge on any atom is -0.346 e. The summed E-state index contributed by atoms with van der Waals surface area (Å²) in [6.45, 7) is 7.29. The topological polar surface area (TPSA) is 77.6 Å². The number of carbonyl (C=O) groups is 2. The highest BCUT2D eigenvalue weighted by Crippen LogP contribution is 2.18. The first-order chi connectivity index (χ1) is 10.2. The van der Waals surface area contributed by atoms with Crippen molar-refractivity contribution in [2.75, 3.05) is 44.2 Å². The number of nitrogens with zero attached hydrogens (tertiary/aromatic N) is 3. The fourth-order valence-corrected chi connectivity index (χ4v) is 2.74. The van der Waals surface area contributed by atoms with Gasteiger partial charge in [0.05, 0.1) is 6.54 Å². The van der Waals surface area contributed by atoms with Crippen LogP contribution in [0.4, 0.5) is 9.93 Å². The van der Waals surface area contributed by atoms with Crippen LogP contribution in [0.15, 0.2) is 24.2 Å². The maximum absolute atomic E-state index is 11.7. The summed E-state index contributed by atoms with van der Waals surface area (Å²) in [6.07, 6.45) is 3.35. The first-order valence-electron chi connectivity index (χ1n) is 6.74. The third-order valence-electron chi connectivity index (χ3n) is 3.09. The second kappa shape index (κ2) is 7.75. The molecule has 0 unspecified atom stereocenters. The maximum Gasteiger partial charge on any atom is 0.321 e. The van der Waals surface area contributed by atoms with Crippen LogP contribution >= 0.6 is 11.3 Å². The largest absolute Gasteiger partial charge is 0.346 e. The van der Waals surface area contributed by atoms with Crippen molar-refractivity contribution in [3.05, 3.63) is 24.2 Å². The summed E-state index contributed by atoms with van der Waals surface area (Å²) in [6, 6.07) is -0.485. The molecule has 0 aromatic carbocycles. The number of thiazole rings is 1. The molecular formula is C13H19N5O2S. The Kier molecular flexibility index (Phi) is 5.70. The summed E-state index contributed by atoms with van der Waals surface area (Å²) in [5.41, 5.74) is 0. The SMILES string of the molecule is C=CCNC(=O)NC(=O)CN1CCN(c2nccs2)CC1. The number of piperazine rings is 1. The molecule has 1 saturated heterocycles. The minimum atomic E-state index is -0.485. The van der Waals surface area contributed by atoms with Crippen molar-refractivity contribution in [3.8, 4) is 0 Å². The van der Waals surface area contributed by atoms with Gasteiger partial charge in [-0.05, 0) is 0 Å². The molecule has 0 spiro atoms. The maximum atomic E-state index is 11.7. The van der Waals surface area contributed by atoms with E-state index < -0.39 is 6.03 Å². The Balaban J connectivity index is 1.69. The molecule has 114 valence electrons. The first kappa shape index (κ1) is 15.5. The summed E-state index contributed by atoms with van der Waals surface area (Å²) in [5, 5.41) is 7.77. The van der Waals surface area contributed by atoms with Crippen molar-refractivity contribution >= 4 is 28.4 Å². The first-order valence-corrected chi connectivity index (χ1v) is 7.62. The molecule has 0 bridgehead atoms. The van der Waals surface area contributed by atoms with Gasteiger partial charge in [-0.25, -0.2) is 9.78 Å². The number of nitrogens with one attached hydrogen (secondary N) is 2. The fraction of sp³-hybridized carbons (Fsp3) is 0.462. The summed E-state index contributed by atoms with van der Waals surface area (Å²) in [4.78, 5) is 31.6. The van der Waals surface area contributed by atoms with Gasteiger partial charge in [0, 0.05) is 44.3 Å². The average molecular weight is 309 g/mol. The van der Waals surface area contributed by atoms with Crippen LogP contribution < -0.4 is 15.5 Å². The number of imide groups is 1. The van der Waals surface area contributed by atoms with Crippen molar-refractivity contribution in [1.82, 2.24) is 20.5 Å². The van der Waals surface area contributed by atoms with Gasteiger partial charge in [-0.1, -0.05) is 6.08 Å². The molecule has 2 N–H and O–H groups in total. The Hall–Kier alpha value is -1.93. The second-order valence-corrected chi connectivity index (χ2v) is 5.50. The summed E-state index contributed by atoms with van der Waals surface area (Å²) < 4.78 is 0. The van der Waals surface area contributed by atoms with Crippen molar-refractivity contribution in [2.24, 2.45) is 0 Å². The van der Waals surface area contributed by atoms with E-state index in [0.29, 0.717) is 6.54 Å². The number of hydrogen-bond acceptors (Lipinski definition) is 6. The van der Waals surface area contributed by atoms with Gasteiger partial charge in [0.1, 0.15) is 0 Å². The van der Waals surface area contributed by atoms with Crippen LogP contribution in [0.2, 0.25) is 0 Å². The lowest BCUT2D eigenvalue weighted by Crippen LogP contribution is -2.51. The number of carbonyl (C=O) groups excluding carboxylic acids is 2. The third-order valence-corrected chi connectivity index (χ3v) is 3.92. The van der Waals surface area contributed by atoms with Crippen molar-refractivity contribution in [2.45, 2.75) is 0 Å². The summed E-state index contributed by atoms with van der Waals surface area (Å²) in [7, 11) is 0. The lowest BCUT2D eigenvalue weighted by atomic mass is 10.3. The zero-order valence-corrected chi connectivity index (χ0v) is 12.6. The smallest absolute Gasteiger partial charge is 0.321 e. The molecule has 2 rings (SSSR count). The molecule has 0 saturated carbocycles. The molecule has 1 fully saturated rings. The van der Waals surface area contributed by atoms with Crippen molar-refractivity contribution in [3.63, 3.8) is 0 Å². The highest BCUT2D eigenvalue weighted by molar-refractivity contribution is 7.13. The Morgan fingerprint density at radius 1 is 1.38 bits per heavy atom. The normalized spacial score (nSPS) is 15.5. The van der Waals surface area contributed by atoms with Gasteiger partial charge in [0.15, 0.2) is 5.13 Å². The number of rotatable bonds is 5. The number of anilines is 1. The van der Waals surface area contributed by atoms with E-state index in [9.17, 15) is 9.59 Å². The standard InChI is InChI=1S/C13H19N5O2S/c1-2-3-14-12(20)16-11(19)10-17-5-7-18(8-6-17)13-15-4-9-21-13/h2,4,9H,1,3,5-8,10H2,(H2,14,16,19,20). The highest BCUT2D eigenvalue weighted by atomic mass is 32.1. The van der Waals surface area contributed by atoms with Gasteiger partial charge in [0.2, 0.25) is 5.91 Å². The molecule has 2 heterocycles. The number of urea groups is 1. The molecule has 0 radical (unpaired) electrons. The van der Waals surface area contributed by atoms with E-state index in [1.807, 2.05) is 10.3 Å². The quantitative estimate of drug-likeness (QED) is 0.764. The average Bonchev–Trinajstić information content (AvgIpc) is 3.00. The zero-order valence-electron chi connectivity index (χ0n) is 11.7. The van der Waals surface area contributed by atoms with E-state index >= 15 is 0 Å². The van der Waals surface area contributed by atoms with Crippen LogP contribution in [-0.4, -0.2) is 61.1 Å². The Labute approximate surface area is 127 Å². The Morgan fingerprint density at radius 3 is 2.76 bits per heavy atom. The van der Waals surface area contributed by atoms with Gasteiger partial charge in [-0.3, -0.25) is 15.0 Å². The fourth-order valence-electron chi connectivity index (χ4n) is 2.05. The second-order valence-electron chi connectivity index (χ2n) is 4.62. The van der Waals surface area contributed by atoms with E-state index in [-0.39, 0.29) is 12.5 Å². The van der Waals surface area contributed by atoms with Crippen LogP contribution in [-0.2, 0) is 4.79 Å². The van der Waals surface area contributed by atoms with E-state index in [2.05, 4.69) is 27.1 Å². The van der Waals surface area contributed by atoms with Gasteiger partial charge >= 0.3 is 6.03 Å². The van der Waals surface area contributed by atoms with Crippen LogP contribution in [0.1, 0.15) is 0 Å². The molecule has 1 aliphatic rings. The molecular weight excluding hydrogens is 290 g/mol. The zero-order chi connectivity index (χ0) is 15.1. The third kappa shape index (κ3) is 4.83. The highest BCUT2D eigenvalue weighted by Gasteiger charge is 2.20. The van der Waals surface area contributed by atoms with E-state index in [1.165, 1.54) is 0 Å². The number of aromatic nitrogens is 1. The molecule has 1 aromatic rings. The molecule has 1 aromatic heterocycles. The Morgan fingerprint density at radius 2 is 2.14 bits per heavy atom. The lowest BCUT2D eigenvalue weighted by Gasteiger charge is -2.33. The molecule has 7 nitrogen and oxygen atoms in total.